The van der Waals surface area contributed by atoms with Crippen molar-refractivity contribution in [2.24, 2.45) is 0 Å². The van der Waals surface area contributed by atoms with E-state index in [0.717, 1.165) is 18.4 Å². The normalized spacial score (nSPS) is 16.7. The highest BCUT2D eigenvalue weighted by molar-refractivity contribution is 6.03. The summed E-state index contributed by atoms with van der Waals surface area (Å²) in [6.07, 6.45) is 2.04. The first-order valence-electron chi connectivity index (χ1n) is 9.65. The number of hydrogen-bond acceptors (Lipinski definition) is 2. The fourth-order valence-electron chi connectivity index (χ4n) is 3.72. The number of ketones is 1. The zero-order valence-electron chi connectivity index (χ0n) is 17.9. The first-order chi connectivity index (χ1) is 11.2. The highest BCUT2D eigenvalue weighted by Gasteiger charge is 2.46. The van der Waals surface area contributed by atoms with Crippen molar-refractivity contribution < 1.29 is 4.79 Å². The maximum absolute atomic E-state index is 12.7. The van der Waals surface area contributed by atoms with Crippen LogP contribution in [0.1, 0.15) is 91.5 Å². The van der Waals surface area contributed by atoms with E-state index in [1.807, 2.05) is 41.5 Å². The van der Waals surface area contributed by atoms with Gasteiger partial charge in [0, 0.05) is 5.69 Å². The van der Waals surface area contributed by atoms with Crippen LogP contribution in [0.3, 0.4) is 0 Å². The monoisotopic (exact) mass is 333 g/mol. The Morgan fingerprint density at radius 1 is 0.917 bits per heavy atom. The summed E-state index contributed by atoms with van der Waals surface area (Å²) in [5, 5.41) is 3.51. The van der Waals surface area contributed by atoms with Crippen LogP contribution in [0.4, 0.5) is 5.69 Å². The molecule has 1 aliphatic rings. The summed E-state index contributed by atoms with van der Waals surface area (Å²) < 4.78 is 0. The van der Waals surface area contributed by atoms with Crippen molar-refractivity contribution >= 4 is 11.5 Å². The second kappa shape index (κ2) is 8.69. The number of carbonyl (C=O) groups excluding carboxylic acids is 1. The van der Waals surface area contributed by atoms with Crippen LogP contribution in [-0.2, 0) is 23.1 Å². The Morgan fingerprint density at radius 3 is 1.79 bits per heavy atom. The highest BCUT2D eigenvalue weighted by Crippen LogP contribution is 2.44. The van der Waals surface area contributed by atoms with Crippen LogP contribution in [-0.4, -0.2) is 11.3 Å². The Balaban J connectivity index is 0.00000123. The molecular formula is C22H39NO. The molecule has 0 spiro atoms. The van der Waals surface area contributed by atoms with Crippen molar-refractivity contribution in [3.63, 3.8) is 0 Å². The topological polar surface area (TPSA) is 29.1 Å². The molecule has 1 aliphatic heterocycles. The minimum Gasteiger partial charge on any atom is -0.373 e. The van der Waals surface area contributed by atoms with Crippen LogP contribution in [0.15, 0.2) is 6.07 Å². The Bertz CT molecular complexity index is 568. The van der Waals surface area contributed by atoms with E-state index >= 15 is 0 Å². The van der Waals surface area contributed by atoms with Gasteiger partial charge in [-0.05, 0) is 69.7 Å². The van der Waals surface area contributed by atoms with Crippen LogP contribution < -0.4 is 5.32 Å². The fourth-order valence-corrected chi connectivity index (χ4v) is 3.72. The molecule has 0 aliphatic carbocycles. The summed E-state index contributed by atoms with van der Waals surface area (Å²) in [5.41, 5.74) is 5.56. The number of nitrogens with one attached hydrogen (secondary N) is 1. The first kappa shape index (κ1) is 22.7. The summed E-state index contributed by atoms with van der Waals surface area (Å²) in [6.45, 7) is 22.7. The van der Waals surface area contributed by atoms with Gasteiger partial charge in [-0.2, -0.15) is 0 Å². The SMILES string of the molecule is CC.CC.CCc1c(C)cc2c(c1CC)NC(C)(C)C(=O)C2(C)C. The summed E-state index contributed by atoms with van der Waals surface area (Å²) in [6, 6.07) is 2.22. The van der Waals surface area contributed by atoms with E-state index in [4.69, 9.17) is 0 Å². The van der Waals surface area contributed by atoms with Gasteiger partial charge in [-0.3, -0.25) is 4.79 Å². The predicted octanol–water partition coefficient (Wildman–Crippen LogP) is 6.22. The predicted molar refractivity (Wildman–Crippen MR) is 108 cm³/mol. The highest BCUT2D eigenvalue weighted by atomic mass is 16.1. The zero-order valence-corrected chi connectivity index (χ0v) is 17.9. The molecule has 0 saturated heterocycles. The Morgan fingerprint density at radius 2 is 1.38 bits per heavy atom. The quantitative estimate of drug-likeness (QED) is 0.695. The standard InChI is InChI=1S/C18H27NO.2C2H6/c1-8-12-11(3)10-14-15(13(12)9-2)19-18(6,7)16(20)17(14,4)5;2*1-2/h10,19H,8-9H2,1-7H3;2*1-2H3. The summed E-state index contributed by atoms with van der Waals surface area (Å²) in [4.78, 5) is 12.7. The van der Waals surface area contributed by atoms with Gasteiger partial charge in [-0.15, -0.1) is 0 Å². The van der Waals surface area contributed by atoms with E-state index in [0.29, 0.717) is 0 Å². The average molecular weight is 334 g/mol. The van der Waals surface area contributed by atoms with Crippen molar-refractivity contribution in [3.05, 3.63) is 28.3 Å². The fraction of sp³-hybridized carbons (Fsp3) is 0.682. The van der Waals surface area contributed by atoms with E-state index in [2.05, 4.69) is 46.0 Å². The van der Waals surface area contributed by atoms with Gasteiger partial charge in [-0.1, -0.05) is 47.6 Å². The van der Waals surface area contributed by atoms with Gasteiger partial charge in [0.15, 0.2) is 5.78 Å². The first-order valence-corrected chi connectivity index (χ1v) is 9.65. The van der Waals surface area contributed by atoms with Gasteiger partial charge in [0.1, 0.15) is 0 Å². The van der Waals surface area contributed by atoms with Gasteiger partial charge in [-0.25, -0.2) is 0 Å². The van der Waals surface area contributed by atoms with Gasteiger partial charge in [0.2, 0.25) is 0 Å². The lowest BCUT2D eigenvalue weighted by Gasteiger charge is -2.43. The van der Waals surface area contributed by atoms with E-state index in [1.165, 1.54) is 22.4 Å². The molecule has 0 saturated carbocycles. The molecule has 1 heterocycles. The molecular weight excluding hydrogens is 294 g/mol. The minimum absolute atomic E-state index is 0.267. The maximum Gasteiger partial charge on any atom is 0.167 e. The molecule has 0 fully saturated rings. The second-order valence-electron chi connectivity index (χ2n) is 6.98. The summed E-state index contributed by atoms with van der Waals surface area (Å²) in [5.74, 6) is 0.267. The van der Waals surface area contributed by atoms with Gasteiger partial charge >= 0.3 is 0 Å². The van der Waals surface area contributed by atoms with Crippen LogP contribution in [0.25, 0.3) is 0 Å². The number of benzene rings is 1. The smallest absolute Gasteiger partial charge is 0.167 e. The van der Waals surface area contributed by atoms with Crippen molar-refractivity contribution in [2.75, 3.05) is 5.32 Å². The van der Waals surface area contributed by atoms with Crippen molar-refractivity contribution in [2.45, 2.75) is 100.0 Å². The summed E-state index contributed by atoms with van der Waals surface area (Å²) >= 11 is 0. The van der Waals surface area contributed by atoms with Crippen molar-refractivity contribution in [1.82, 2.24) is 0 Å². The van der Waals surface area contributed by atoms with E-state index < -0.39 is 11.0 Å². The number of anilines is 1. The Hall–Kier alpha value is -1.31. The molecule has 1 N–H and O–H groups in total. The van der Waals surface area contributed by atoms with E-state index in [9.17, 15) is 4.79 Å². The van der Waals surface area contributed by atoms with Crippen LogP contribution in [0, 0.1) is 6.92 Å². The van der Waals surface area contributed by atoms with Crippen molar-refractivity contribution in [3.8, 4) is 0 Å². The third kappa shape index (κ3) is 3.84. The number of fused-ring (bicyclic) bond motifs is 1. The third-order valence-electron chi connectivity index (χ3n) is 4.73. The van der Waals surface area contributed by atoms with Gasteiger partial charge in [0.05, 0.1) is 11.0 Å². The lowest BCUT2D eigenvalue weighted by Crippen LogP contribution is -2.54. The number of carbonyl (C=O) groups is 1. The molecule has 1 aromatic rings. The molecule has 138 valence electrons. The minimum atomic E-state index is -0.499. The third-order valence-corrected chi connectivity index (χ3v) is 4.73. The summed E-state index contributed by atoms with van der Waals surface area (Å²) in [7, 11) is 0. The largest absolute Gasteiger partial charge is 0.373 e. The molecule has 1 aromatic carbocycles. The Kier molecular flexibility index (Phi) is 8.21. The number of Topliss-reactive ketones (excluding diaryl/α,β-unsaturated/α-hetero) is 1. The zero-order chi connectivity index (χ0) is 19.3. The van der Waals surface area contributed by atoms with Crippen LogP contribution >= 0.6 is 0 Å². The molecule has 0 unspecified atom stereocenters. The molecule has 2 nitrogen and oxygen atoms in total. The number of hydrogen-bond donors (Lipinski definition) is 1. The molecule has 0 radical (unpaired) electrons. The van der Waals surface area contributed by atoms with Crippen molar-refractivity contribution in [1.29, 1.82) is 0 Å². The molecule has 0 amide bonds. The lowest BCUT2D eigenvalue weighted by atomic mass is 9.68. The van der Waals surface area contributed by atoms with Crippen LogP contribution in [0.5, 0.6) is 0 Å². The second-order valence-corrected chi connectivity index (χ2v) is 6.98. The molecule has 2 rings (SSSR count). The van der Waals surface area contributed by atoms with Gasteiger partial charge < -0.3 is 5.32 Å². The number of aryl methyl sites for hydroxylation is 1. The number of rotatable bonds is 2. The van der Waals surface area contributed by atoms with E-state index in [-0.39, 0.29) is 5.78 Å². The molecule has 24 heavy (non-hydrogen) atoms. The van der Waals surface area contributed by atoms with E-state index in [1.54, 1.807) is 0 Å². The maximum atomic E-state index is 12.7. The van der Waals surface area contributed by atoms with Gasteiger partial charge in [0.25, 0.3) is 0 Å². The molecule has 0 atom stereocenters. The lowest BCUT2D eigenvalue weighted by molar-refractivity contribution is -0.127. The Labute approximate surface area is 150 Å². The van der Waals surface area contributed by atoms with Crippen LogP contribution in [0.2, 0.25) is 0 Å². The average Bonchev–Trinajstić information content (AvgIpc) is 2.57. The molecule has 0 aromatic heterocycles. The molecule has 0 bridgehead atoms. The molecule has 2 heteroatoms.